The molecule has 0 unspecified atom stereocenters. The molecule has 24 heavy (non-hydrogen) atoms. The lowest BCUT2D eigenvalue weighted by Gasteiger charge is -2.40. The zero-order valence-electron chi connectivity index (χ0n) is 14.5. The number of amides is 1. The molecule has 2 heterocycles. The first-order chi connectivity index (χ1) is 11.8. The topological polar surface area (TPSA) is 32.8 Å². The van der Waals surface area contributed by atoms with Gasteiger partial charge in [0, 0.05) is 38.1 Å². The Morgan fingerprint density at radius 3 is 2.46 bits per heavy atom. The van der Waals surface area contributed by atoms with Gasteiger partial charge in [0.05, 0.1) is 13.2 Å². The minimum atomic E-state index is 0.160. The second-order valence-corrected chi connectivity index (χ2v) is 7.47. The molecule has 0 spiro atoms. The van der Waals surface area contributed by atoms with Crippen LogP contribution in [0.5, 0.6) is 0 Å². The number of carbonyl (C=O) groups excluding carboxylic acids is 1. The van der Waals surface area contributed by atoms with E-state index in [1.165, 1.54) is 17.5 Å². The summed E-state index contributed by atoms with van der Waals surface area (Å²) in [5.41, 5.74) is 2.75. The van der Waals surface area contributed by atoms with Gasteiger partial charge in [0.25, 0.3) is 0 Å². The average molecular weight is 328 g/mol. The molecule has 0 saturated carbocycles. The highest BCUT2D eigenvalue weighted by Gasteiger charge is 2.35. The Morgan fingerprint density at radius 1 is 1.04 bits per heavy atom. The fourth-order valence-corrected chi connectivity index (χ4v) is 4.53. The molecule has 0 radical (unpaired) electrons. The van der Waals surface area contributed by atoms with Crippen molar-refractivity contribution in [2.24, 2.45) is 5.92 Å². The minimum absolute atomic E-state index is 0.160. The van der Waals surface area contributed by atoms with Gasteiger partial charge in [-0.15, -0.1) is 0 Å². The molecule has 1 amide bonds. The van der Waals surface area contributed by atoms with Gasteiger partial charge in [0.2, 0.25) is 5.91 Å². The van der Waals surface area contributed by atoms with Gasteiger partial charge in [-0.3, -0.25) is 9.69 Å². The number of rotatable bonds is 3. The molecule has 1 aromatic rings. The molecule has 0 N–H and O–H groups in total. The van der Waals surface area contributed by atoms with E-state index in [2.05, 4.69) is 34.1 Å². The quantitative estimate of drug-likeness (QED) is 0.852. The second-order valence-electron chi connectivity index (χ2n) is 7.47. The number of hydrogen-bond acceptors (Lipinski definition) is 3. The highest BCUT2D eigenvalue weighted by molar-refractivity contribution is 5.81. The van der Waals surface area contributed by atoms with E-state index < -0.39 is 0 Å². The zero-order chi connectivity index (χ0) is 16.4. The van der Waals surface area contributed by atoms with E-state index in [0.29, 0.717) is 11.9 Å². The highest BCUT2D eigenvalue weighted by Crippen LogP contribution is 2.30. The summed E-state index contributed by atoms with van der Waals surface area (Å²) in [4.78, 5) is 17.9. The lowest BCUT2D eigenvalue weighted by molar-refractivity contribution is -0.139. The Kier molecular flexibility index (Phi) is 4.86. The summed E-state index contributed by atoms with van der Waals surface area (Å²) in [6.07, 6.45) is 5.42. The molecule has 1 atom stereocenters. The number of piperidine rings is 1. The maximum Gasteiger partial charge on any atom is 0.226 e. The van der Waals surface area contributed by atoms with E-state index in [-0.39, 0.29) is 5.92 Å². The third-order valence-electron chi connectivity index (χ3n) is 5.88. The van der Waals surface area contributed by atoms with E-state index in [0.717, 1.165) is 65.1 Å². The fourth-order valence-electron chi connectivity index (χ4n) is 4.53. The number of fused-ring (bicyclic) bond motifs is 1. The Labute approximate surface area is 144 Å². The van der Waals surface area contributed by atoms with Crippen LogP contribution in [-0.2, 0) is 22.4 Å². The van der Waals surface area contributed by atoms with E-state index in [1.54, 1.807) is 0 Å². The van der Waals surface area contributed by atoms with Crippen LogP contribution in [0.3, 0.4) is 0 Å². The maximum absolute atomic E-state index is 13.2. The maximum atomic E-state index is 13.2. The molecule has 0 bridgehead atoms. The van der Waals surface area contributed by atoms with Crippen LogP contribution in [-0.4, -0.2) is 61.1 Å². The van der Waals surface area contributed by atoms with E-state index in [1.807, 2.05) is 0 Å². The Hall–Kier alpha value is -1.39. The molecular formula is C20H28N2O2. The molecule has 2 fully saturated rings. The smallest absolute Gasteiger partial charge is 0.226 e. The standard InChI is InChI=1S/C20H28N2O2/c23-20(18-13-16-5-1-2-6-17(16)14-18)22-8-4-3-7-19(22)15-21-9-11-24-12-10-21/h1-2,5-6,18-19H,3-4,7-15H2/t19-/m0/s1. The molecule has 4 rings (SSSR count). The van der Waals surface area contributed by atoms with E-state index >= 15 is 0 Å². The summed E-state index contributed by atoms with van der Waals surface area (Å²) in [7, 11) is 0. The number of nitrogens with zero attached hydrogens (tertiary/aromatic N) is 2. The molecule has 2 saturated heterocycles. The van der Waals surface area contributed by atoms with Gasteiger partial charge in [-0.25, -0.2) is 0 Å². The normalized spacial score (nSPS) is 25.7. The van der Waals surface area contributed by atoms with Crippen LogP contribution in [0.25, 0.3) is 0 Å². The first-order valence-electron chi connectivity index (χ1n) is 9.48. The van der Waals surface area contributed by atoms with Gasteiger partial charge in [0.1, 0.15) is 0 Å². The van der Waals surface area contributed by atoms with Gasteiger partial charge >= 0.3 is 0 Å². The van der Waals surface area contributed by atoms with Gasteiger partial charge in [-0.2, -0.15) is 0 Å². The Balaban J connectivity index is 1.42. The van der Waals surface area contributed by atoms with Crippen molar-refractivity contribution in [2.75, 3.05) is 39.4 Å². The molecule has 1 aliphatic carbocycles. The van der Waals surface area contributed by atoms with Crippen molar-refractivity contribution in [2.45, 2.75) is 38.1 Å². The number of carbonyl (C=O) groups is 1. The van der Waals surface area contributed by atoms with Crippen molar-refractivity contribution in [3.63, 3.8) is 0 Å². The molecule has 3 aliphatic rings. The monoisotopic (exact) mass is 328 g/mol. The highest BCUT2D eigenvalue weighted by atomic mass is 16.5. The Morgan fingerprint density at radius 2 is 1.75 bits per heavy atom. The van der Waals surface area contributed by atoms with Crippen LogP contribution in [0.2, 0.25) is 0 Å². The van der Waals surface area contributed by atoms with Crippen LogP contribution in [0.15, 0.2) is 24.3 Å². The van der Waals surface area contributed by atoms with Crippen molar-refractivity contribution in [1.29, 1.82) is 0 Å². The van der Waals surface area contributed by atoms with Crippen LogP contribution < -0.4 is 0 Å². The molecule has 4 heteroatoms. The first-order valence-corrected chi connectivity index (χ1v) is 9.48. The van der Waals surface area contributed by atoms with Crippen molar-refractivity contribution >= 4 is 5.91 Å². The lowest BCUT2D eigenvalue weighted by Crippen LogP contribution is -2.52. The summed E-state index contributed by atoms with van der Waals surface area (Å²) in [6, 6.07) is 8.95. The molecule has 0 aromatic heterocycles. The SMILES string of the molecule is O=C(C1Cc2ccccc2C1)N1CCCC[C@H]1CN1CCOCC1. The third kappa shape index (κ3) is 3.35. The predicted molar refractivity (Wildman–Crippen MR) is 94.0 cm³/mol. The van der Waals surface area contributed by atoms with Crippen molar-refractivity contribution in [3.8, 4) is 0 Å². The van der Waals surface area contributed by atoms with Crippen LogP contribution >= 0.6 is 0 Å². The minimum Gasteiger partial charge on any atom is -0.379 e. The van der Waals surface area contributed by atoms with Crippen molar-refractivity contribution < 1.29 is 9.53 Å². The summed E-state index contributed by atoms with van der Waals surface area (Å²) in [5, 5.41) is 0. The molecule has 2 aliphatic heterocycles. The van der Waals surface area contributed by atoms with Crippen molar-refractivity contribution in [3.05, 3.63) is 35.4 Å². The lowest BCUT2D eigenvalue weighted by atomic mass is 9.97. The van der Waals surface area contributed by atoms with Gasteiger partial charge < -0.3 is 9.64 Å². The van der Waals surface area contributed by atoms with Crippen LogP contribution in [0.1, 0.15) is 30.4 Å². The summed E-state index contributed by atoms with van der Waals surface area (Å²) in [6.45, 7) is 5.65. The van der Waals surface area contributed by atoms with Crippen molar-refractivity contribution in [1.82, 2.24) is 9.80 Å². The van der Waals surface area contributed by atoms with Gasteiger partial charge in [0.15, 0.2) is 0 Å². The molecule has 1 aromatic carbocycles. The number of ether oxygens (including phenoxy) is 1. The average Bonchev–Trinajstić information content (AvgIpc) is 3.07. The largest absolute Gasteiger partial charge is 0.379 e. The molecular weight excluding hydrogens is 300 g/mol. The number of hydrogen-bond donors (Lipinski definition) is 0. The molecule has 4 nitrogen and oxygen atoms in total. The predicted octanol–water partition coefficient (Wildman–Crippen LogP) is 2.11. The first kappa shape index (κ1) is 16.1. The zero-order valence-corrected chi connectivity index (χ0v) is 14.5. The second kappa shape index (κ2) is 7.24. The van der Waals surface area contributed by atoms with Crippen LogP contribution in [0.4, 0.5) is 0 Å². The summed E-state index contributed by atoms with van der Waals surface area (Å²) >= 11 is 0. The Bertz CT molecular complexity index is 558. The fraction of sp³-hybridized carbons (Fsp3) is 0.650. The number of morpholine rings is 1. The number of likely N-dealkylation sites (tertiary alicyclic amines) is 1. The summed E-state index contributed by atoms with van der Waals surface area (Å²) < 4.78 is 5.46. The van der Waals surface area contributed by atoms with Gasteiger partial charge in [-0.1, -0.05) is 24.3 Å². The number of benzene rings is 1. The van der Waals surface area contributed by atoms with E-state index in [4.69, 9.17) is 4.74 Å². The third-order valence-corrected chi connectivity index (χ3v) is 5.88. The molecule has 130 valence electrons. The van der Waals surface area contributed by atoms with Gasteiger partial charge in [-0.05, 0) is 43.2 Å². The van der Waals surface area contributed by atoms with Crippen LogP contribution in [0, 0.1) is 5.92 Å². The summed E-state index contributed by atoms with van der Waals surface area (Å²) in [5.74, 6) is 0.553. The van der Waals surface area contributed by atoms with E-state index in [9.17, 15) is 4.79 Å².